The number of hydrogen-bond acceptors (Lipinski definition) is 3. The van der Waals surface area contributed by atoms with Crippen molar-refractivity contribution in [2.24, 2.45) is 0 Å². The number of carboxylic acids is 1. The van der Waals surface area contributed by atoms with E-state index in [9.17, 15) is 13.2 Å². The molecule has 0 radical (unpaired) electrons. The Kier molecular flexibility index (Phi) is 4.65. The molecule has 0 saturated heterocycles. The number of hydrogen-bond donors (Lipinski definition) is 1. The minimum Gasteiger partial charge on any atom is -0.480 e. The molecule has 116 valence electrons. The molecule has 1 heterocycles. The summed E-state index contributed by atoms with van der Waals surface area (Å²) in [4.78, 5) is 11.2. The van der Waals surface area contributed by atoms with Gasteiger partial charge in [0.2, 0.25) is 0 Å². The minimum absolute atomic E-state index is 0.232. The van der Waals surface area contributed by atoms with Gasteiger partial charge in [-0.25, -0.2) is 0 Å². The Morgan fingerprint density at radius 2 is 2.00 bits per heavy atom. The third kappa shape index (κ3) is 3.09. The van der Waals surface area contributed by atoms with Crippen molar-refractivity contribution in [3.05, 3.63) is 35.4 Å². The molecule has 1 aliphatic rings. The van der Waals surface area contributed by atoms with Crippen molar-refractivity contribution in [3.8, 4) is 0 Å². The maximum atomic E-state index is 12.6. The van der Waals surface area contributed by atoms with Crippen molar-refractivity contribution in [3.63, 3.8) is 0 Å². The summed E-state index contributed by atoms with van der Waals surface area (Å²) in [6.45, 7) is 2.33. The van der Waals surface area contributed by atoms with Crippen LogP contribution in [0.1, 0.15) is 24.5 Å². The lowest BCUT2D eigenvalue weighted by atomic mass is 10.0. The number of fused-ring (bicyclic) bond motifs is 1. The average Bonchev–Trinajstić information content (AvgIpc) is 2.46. The molecule has 0 saturated carbocycles. The van der Waals surface area contributed by atoms with Gasteiger partial charge >= 0.3 is 5.97 Å². The van der Waals surface area contributed by atoms with Crippen LogP contribution in [0.4, 0.5) is 0 Å². The van der Waals surface area contributed by atoms with Gasteiger partial charge in [-0.3, -0.25) is 4.79 Å². The second-order valence-electron chi connectivity index (χ2n) is 5.14. The molecule has 0 fully saturated rings. The molecule has 1 unspecified atom stereocenters. The summed E-state index contributed by atoms with van der Waals surface area (Å²) in [6, 6.07) is 6.69. The summed E-state index contributed by atoms with van der Waals surface area (Å²) >= 11 is 0. The highest BCUT2D eigenvalue weighted by molar-refractivity contribution is 7.86. The molecule has 1 N–H and O–H groups in total. The lowest BCUT2D eigenvalue weighted by Crippen LogP contribution is -2.50. The molecule has 1 aromatic rings. The van der Waals surface area contributed by atoms with Crippen molar-refractivity contribution in [2.75, 3.05) is 13.6 Å². The fourth-order valence-electron chi connectivity index (χ4n) is 2.60. The second-order valence-corrected chi connectivity index (χ2v) is 7.13. The third-order valence-corrected chi connectivity index (χ3v) is 5.84. The van der Waals surface area contributed by atoms with E-state index in [1.165, 1.54) is 11.4 Å². The zero-order valence-electron chi connectivity index (χ0n) is 12.2. The van der Waals surface area contributed by atoms with Gasteiger partial charge in [0.15, 0.2) is 0 Å². The van der Waals surface area contributed by atoms with Crippen LogP contribution in [0.25, 0.3) is 0 Å². The van der Waals surface area contributed by atoms with Crippen LogP contribution in [0.5, 0.6) is 0 Å². The number of nitrogens with zero attached hydrogens (tertiary/aromatic N) is 2. The van der Waals surface area contributed by atoms with Crippen LogP contribution >= 0.6 is 0 Å². The fraction of sp³-hybridized carbons (Fsp3) is 0.500. The van der Waals surface area contributed by atoms with E-state index in [1.807, 2.05) is 24.3 Å². The molecule has 0 amide bonds. The fourth-order valence-corrected chi connectivity index (χ4v) is 4.15. The molecule has 1 aromatic carbocycles. The van der Waals surface area contributed by atoms with Crippen LogP contribution < -0.4 is 0 Å². The first-order valence-corrected chi connectivity index (χ1v) is 8.30. The van der Waals surface area contributed by atoms with Gasteiger partial charge in [0.05, 0.1) is 0 Å². The molecule has 7 heteroatoms. The van der Waals surface area contributed by atoms with Crippen LogP contribution in [-0.4, -0.2) is 47.7 Å². The first-order chi connectivity index (χ1) is 9.87. The van der Waals surface area contributed by atoms with Crippen molar-refractivity contribution < 1.29 is 18.3 Å². The van der Waals surface area contributed by atoms with Gasteiger partial charge in [-0.2, -0.15) is 17.0 Å². The first-order valence-electron chi connectivity index (χ1n) is 6.90. The van der Waals surface area contributed by atoms with E-state index >= 15 is 0 Å². The molecule has 2 rings (SSSR count). The van der Waals surface area contributed by atoms with Crippen LogP contribution in [0.15, 0.2) is 24.3 Å². The largest absolute Gasteiger partial charge is 0.480 e. The monoisotopic (exact) mass is 312 g/mol. The van der Waals surface area contributed by atoms with E-state index in [2.05, 4.69) is 0 Å². The quantitative estimate of drug-likeness (QED) is 0.882. The van der Waals surface area contributed by atoms with E-state index in [0.29, 0.717) is 19.5 Å². The summed E-state index contributed by atoms with van der Waals surface area (Å²) in [7, 11) is -2.44. The van der Waals surface area contributed by atoms with E-state index in [0.717, 1.165) is 15.4 Å². The average molecular weight is 312 g/mol. The SMILES string of the molecule is CCC(C(=O)O)N(C)S(=O)(=O)N1CCc2ccccc2C1. The van der Waals surface area contributed by atoms with E-state index in [4.69, 9.17) is 5.11 Å². The zero-order valence-corrected chi connectivity index (χ0v) is 13.0. The normalized spacial score (nSPS) is 17.5. The smallest absolute Gasteiger partial charge is 0.322 e. The van der Waals surface area contributed by atoms with Crippen LogP contribution in [0.3, 0.4) is 0 Å². The van der Waals surface area contributed by atoms with Crippen LogP contribution in [-0.2, 0) is 28.0 Å². The van der Waals surface area contributed by atoms with Crippen molar-refractivity contribution in [1.82, 2.24) is 8.61 Å². The number of aliphatic carboxylic acids is 1. The Balaban J connectivity index is 2.23. The molecule has 0 bridgehead atoms. The summed E-state index contributed by atoms with van der Waals surface area (Å²) in [5, 5.41) is 9.14. The molecule has 21 heavy (non-hydrogen) atoms. The van der Waals surface area contributed by atoms with Crippen LogP contribution in [0, 0.1) is 0 Å². The lowest BCUT2D eigenvalue weighted by molar-refractivity contribution is -0.141. The maximum Gasteiger partial charge on any atom is 0.322 e. The van der Waals surface area contributed by atoms with Crippen molar-refractivity contribution >= 4 is 16.2 Å². The van der Waals surface area contributed by atoms with E-state index in [1.54, 1.807) is 6.92 Å². The zero-order chi connectivity index (χ0) is 15.6. The predicted octanol–water partition coefficient (Wildman–Crippen LogP) is 1.08. The number of carboxylic acid groups (broad SMARTS) is 1. The Hall–Kier alpha value is -1.44. The van der Waals surface area contributed by atoms with Gasteiger partial charge in [-0.05, 0) is 24.0 Å². The summed E-state index contributed by atoms with van der Waals surface area (Å²) in [5.41, 5.74) is 2.13. The molecular weight excluding hydrogens is 292 g/mol. The Morgan fingerprint density at radius 1 is 1.38 bits per heavy atom. The molecule has 1 aliphatic heterocycles. The highest BCUT2D eigenvalue weighted by Crippen LogP contribution is 2.23. The van der Waals surface area contributed by atoms with Crippen LogP contribution in [0.2, 0.25) is 0 Å². The van der Waals surface area contributed by atoms with Gasteiger partial charge < -0.3 is 5.11 Å². The molecule has 0 spiro atoms. The Labute approximate surface area is 125 Å². The molecule has 6 nitrogen and oxygen atoms in total. The molecule has 0 aromatic heterocycles. The van der Waals surface area contributed by atoms with E-state index < -0.39 is 22.2 Å². The highest BCUT2D eigenvalue weighted by Gasteiger charge is 2.36. The molecule has 0 aliphatic carbocycles. The molecular formula is C14H20N2O4S. The summed E-state index contributed by atoms with van der Waals surface area (Å²) in [6.07, 6.45) is 0.878. The lowest BCUT2D eigenvalue weighted by Gasteiger charge is -2.33. The number of carbonyl (C=O) groups is 1. The van der Waals surface area contributed by atoms with Gasteiger partial charge in [0.25, 0.3) is 10.2 Å². The number of rotatable bonds is 5. The summed E-state index contributed by atoms with van der Waals surface area (Å²) < 4.78 is 27.5. The van der Waals surface area contributed by atoms with Crippen molar-refractivity contribution in [1.29, 1.82) is 0 Å². The highest BCUT2D eigenvalue weighted by atomic mass is 32.2. The van der Waals surface area contributed by atoms with Crippen molar-refractivity contribution in [2.45, 2.75) is 32.4 Å². The topological polar surface area (TPSA) is 77.9 Å². The maximum absolute atomic E-state index is 12.6. The first kappa shape index (κ1) is 15.9. The third-order valence-electron chi connectivity index (χ3n) is 3.90. The van der Waals surface area contributed by atoms with E-state index in [-0.39, 0.29) is 6.42 Å². The Morgan fingerprint density at radius 3 is 2.57 bits per heavy atom. The van der Waals surface area contributed by atoms with Gasteiger partial charge in [0.1, 0.15) is 6.04 Å². The molecule has 1 atom stereocenters. The number of benzene rings is 1. The van der Waals surface area contributed by atoms with Gasteiger partial charge in [-0.15, -0.1) is 0 Å². The second kappa shape index (κ2) is 6.13. The minimum atomic E-state index is -3.78. The standard InChI is InChI=1S/C14H20N2O4S/c1-3-13(14(17)18)15(2)21(19,20)16-9-8-11-6-4-5-7-12(11)10-16/h4-7,13H,3,8-10H2,1-2H3,(H,17,18). The Bertz CT molecular complexity index is 630. The predicted molar refractivity (Wildman–Crippen MR) is 79.0 cm³/mol. The van der Waals surface area contributed by atoms with Gasteiger partial charge in [0, 0.05) is 20.1 Å². The number of likely N-dealkylation sites (N-methyl/N-ethyl adjacent to an activating group) is 1. The van der Waals surface area contributed by atoms with Gasteiger partial charge in [-0.1, -0.05) is 31.2 Å². The summed E-state index contributed by atoms with van der Waals surface area (Å²) in [5.74, 6) is -1.12.